The van der Waals surface area contributed by atoms with Gasteiger partial charge in [-0.25, -0.2) is 8.78 Å². The highest BCUT2D eigenvalue weighted by Gasteiger charge is 2.19. The zero-order valence-corrected chi connectivity index (χ0v) is 17.5. The monoisotopic (exact) mass is 432 g/mol. The van der Waals surface area contributed by atoms with Crippen molar-refractivity contribution in [3.63, 3.8) is 0 Å². The van der Waals surface area contributed by atoms with Gasteiger partial charge in [-0.1, -0.05) is 60.7 Å². The molecule has 3 aromatic carbocycles. The first-order valence-corrected chi connectivity index (χ1v) is 10.2. The molecule has 6 heteroatoms. The number of hydrogen-bond donors (Lipinski definition) is 1. The van der Waals surface area contributed by atoms with Gasteiger partial charge in [-0.15, -0.1) is 0 Å². The topological polar surface area (TPSA) is 43.4 Å². The minimum atomic E-state index is -0.710. The standard InChI is InChI=1S/C26H22F2N2O2/c1-29-20-14-22(27)25(23(28)15-20)21-12-13-24(31-16-18-8-4-2-5-9-18)30-26(21)32-17-19-10-6-3-7-11-19/h2-15,29H,16-17H2,1H3. The summed E-state index contributed by atoms with van der Waals surface area (Å²) in [5, 5.41) is 2.74. The molecule has 0 amide bonds. The summed E-state index contributed by atoms with van der Waals surface area (Å²) in [5.41, 5.74) is 2.23. The Kier molecular flexibility index (Phi) is 6.60. The molecular formula is C26H22F2N2O2. The number of hydrogen-bond acceptors (Lipinski definition) is 4. The van der Waals surface area contributed by atoms with Crippen LogP contribution in [0.3, 0.4) is 0 Å². The van der Waals surface area contributed by atoms with Gasteiger partial charge in [0.2, 0.25) is 11.8 Å². The third-order valence-electron chi connectivity index (χ3n) is 4.88. The van der Waals surface area contributed by atoms with Gasteiger partial charge in [0.05, 0.1) is 11.1 Å². The molecule has 0 saturated carbocycles. The average Bonchev–Trinajstić information content (AvgIpc) is 2.83. The van der Waals surface area contributed by atoms with Crippen molar-refractivity contribution in [3.05, 3.63) is 108 Å². The smallest absolute Gasteiger partial charge is 0.225 e. The Bertz CT molecular complexity index is 1160. The molecule has 1 N–H and O–H groups in total. The number of ether oxygens (including phenoxy) is 2. The molecule has 4 aromatic rings. The van der Waals surface area contributed by atoms with Crippen molar-refractivity contribution >= 4 is 5.69 Å². The molecule has 1 heterocycles. The van der Waals surface area contributed by atoms with Gasteiger partial charge in [-0.2, -0.15) is 4.98 Å². The molecule has 4 nitrogen and oxygen atoms in total. The summed E-state index contributed by atoms with van der Waals surface area (Å²) < 4.78 is 41.3. The van der Waals surface area contributed by atoms with Crippen LogP contribution in [0.2, 0.25) is 0 Å². The van der Waals surface area contributed by atoms with E-state index in [2.05, 4.69) is 10.3 Å². The van der Waals surface area contributed by atoms with Crippen molar-refractivity contribution < 1.29 is 18.3 Å². The van der Waals surface area contributed by atoms with Crippen LogP contribution >= 0.6 is 0 Å². The molecule has 0 spiro atoms. The van der Waals surface area contributed by atoms with Crippen molar-refractivity contribution in [1.29, 1.82) is 0 Å². The molecule has 0 fully saturated rings. The summed E-state index contributed by atoms with van der Waals surface area (Å²) in [6.45, 7) is 0.506. The Hall–Kier alpha value is -3.93. The number of pyridine rings is 1. The Balaban J connectivity index is 1.67. The van der Waals surface area contributed by atoms with Gasteiger partial charge in [0.1, 0.15) is 24.8 Å². The minimum Gasteiger partial charge on any atom is -0.473 e. The third-order valence-corrected chi connectivity index (χ3v) is 4.88. The second-order valence-corrected chi connectivity index (χ2v) is 7.12. The fraction of sp³-hybridized carbons (Fsp3) is 0.115. The average molecular weight is 432 g/mol. The lowest BCUT2D eigenvalue weighted by molar-refractivity contribution is 0.268. The first-order valence-electron chi connectivity index (χ1n) is 10.2. The van der Waals surface area contributed by atoms with E-state index in [-0.39, 0.29) is 23.6 Å². The molecule has 0 bridgehead atoms. The Morgan fingerprint density at radius 3 is 1.88 bits per heavy atom. The van der Waals surface area contributed by atoms with Gasteiger partial charge >= 0.3 is 0 Å². The van der Waals surface area contributed by atoms with Gasteiger partial charge in [0.15, 0.2) is 0 Å². The number of rotatable bonds is 8. The number of aromatic nitrogens is 1. The fourth-order valence-electron chi connectivity index (χ4n) is 3.24. The molecule has 0 unspecified atom stereocenters. The van der Waals surface area contributed by atoms with Crippen molar-refractivity contribution in [2.45, 2.75) is 13.2 Å². The third kappa shape index (κ3) is 5.03. The number of halogens is 2. The minimum absolute atomic E-state index is 0.0921. The van der Waals surface area contributed by atoms with Crippen molar-refractivity contribution in [2.24, 2.45) is 0 Å². The maximum atomic E-state index is 14.8. The molecule has 0 aliphatic heterocycles. The first kappa shape index (κ1) is 21.3. The largest absolute Gasteiger partial charge is 0.473 e. The van der Waals surface area contributed by atoms with Gasteiger partial charge in [0, 0.05) is 18.8 Å². The quantitative estimate of drug-likeness (QED) is 0.359. The number of nitrogens with zero attached hydrogens (tertiary/aromatic N) is 1. The lowest BCUT2D eigenvalue weighted by Crippen LogP contribution is -2.04. The van der Waals surface area contributed by atoms with Crippen molar-refractivity contribution in [2.75, 3.05) is 12.4 Å². The van der Waals surface area contributed by atoms with E-state index in [1.807, 2.05) is 60.7 Å². The molecule has 0 saturated heterocycles. The second kappa shape index (κ2) is 9.92. The van der Waals surface area contributed by atoms with Crippen LogP contribution in [0.15, 0.2) is 84.9 Å². The van der Waals surface area contributed by atoms with Crippen LogP contribution in [0.4, 0.5) is 14.5 Å². The molecule has 0 atom stereocenters. The zero-order chi connectivity index (χ0) is 22.3. The van der Waals surface area contributed by atoms with Crippen LogP contribution in [0, 0.1) is 11.6 Å². The van der Waals surface area contributed by atoms with Crippen LogP contribution in [0.25, 0.3) is 11.1 Å². The lowest BCUT2D eigenvalue weighted by Gasteiger charge is -2.15. The molecule has 0 aliphatic carbocycles. The SMILES string of the molecule is CNc1cc(F)c(-c2ccc(OCc3ccccc3)nc2OCc2ccccc2)c(F)c1. The molecule has 1 aromatic heterocycles. The van der Waals surface area contributed by atoms with E-state index in [1.54, 1.807) is 19.2 Å². The summed E-state index contributed by atoms with van der Waals surface area (Å²) in [5.74, 6) is -1.03. The number of benzene rings is 3. The molecule has 4 rings (SSSR count). The number of anilines is 1. The van der Waals surface area contributed by atoms with Crippen molar-refractivity contribution in [3.8, 4) is 22.9 Å². The fourth-order valence-corrected chi connectivity index (χ4v) is 3.24. The first-order chi connectivity index (χ1) is 15.6. The second-order valence-electron chi connectivity index (χ2n) is 7.12. The highest BCUT2D eigenvalue weighted by molar-refractivity contribution is 5.72. The maximum absolute atomic E-state index is 14.8. The van der Waals surface area contributed by atoms with E-state index in [0.29, 0.717) is 18.2 Å². The summed E-state index contributed by atoms with van der Waals surface area (Å²) in [6, 6.07) is 24.7. The van der Waals surface area contributed by atoms with E-state index in [0.717, 1.165) is 11.1 Å². The van der Waals surface area contributed by atoms with Crippen LogP contribution in [0.5, 0.6) is 11.8 Å². The van der Waals surface area contributed by atoms with Gasteiger partial charge in [0.25, 0.3) is 0 Å². The van der Waals surface area contributed by atoms with Crippen LogP contribution in [-0.4, -0.2) is 12.0 Å². The van der Waals surface area contributed by atoms with E-state index in [4.69, 9.17) is 9.47 Å². The maximum Gasteiger partial charge on any atom is 0.225 e. The van der Waals surface area contributed by atoms with E-state index in [9.17, 15) is 8.78 Å². The normalized spacial score (nSPS) is 10.6. The summed E-state index contributed by atoms with van der Waals surface area (Å²) in [7, 11) is 1.60. The molecule has 0 aliphatic rings. The Labute approximate surface area is 185 Å². The van der Waals surface area contributed by atoms with Gasteiger partial charge < -0.3 is 14.8 Å². The lowest BCUT2D eigenvalue weighted by atomic mass is 10.0. The van der Waals surface area contributed by atoms with Crippen LogP contribution in [-0.2, 0) is 13.2 Å². The van der Waals surface area contributed by atoms with Gasteiger partial charge in [-0.3, -0.25) is 0 Å². The van der Waals surface area contributed by atoms with E-state index < -0.39 is 11.6 Å². The van der Waals surface area contributed by atoms with Crippen LogP contribution < -0.4 is 14.8 Å². The summed E-state index contributed by atoms with van der Waals surface area (Å²) in [4.78, 5) is 4.41. The highest BCUT2D eigenvalue weighted by Crippen LogP contribution is 2.36. The van der Waals surface area contributed by atoms with E-state index in [1.165, 1.54) is 12.1 Å². The Morgan fingerprint density at radius 2 is 1.31 bits per heavy atom. The molecular weight excluding hydrogens is 410 g/mol. The predicted octanol–water partition coefficient (Wildman–Crippen LogP) is 6.23. The molecule has 0 radical (unpaired) electrons. The Morgan fingerprint density at radius 1 is 0.750 bits per heavy atom. The predicted molar refractivity (Wildman–Crippen MR) is 121 cm³/mol. The summed E-state index contributed by atoms with van der Waals surface area (Å²) in [6.07, 6.45) is 0. The van der Waals surface area contributed by atoms with Gasteiger partial charge in [-0.05, 0) is 29.3 Å². The molecule has 162 valence electrons. The molecule has 32 heavy (non-hydrogen) atoms. The van der Waals surface area contributed by atoms with Crippen molar-refractivity contribution in [1.82, 2.24) is 4.98 Å². The van der Waals surface area contributed by atoms with E-state index >= 15 is 0 Å². The zero-order valence-electron chi connectivity index (χ0n) is 17.5. The number of nitrogens with one attached hydrogen (secondary N) is 1. The highest BCUT2D eigenvalue weighted by atomic mass is 19.1. The summed E-state index contributed by atoms with van der Waals surface area (Å²) >= 11 is 0. The van der Waals surface area contributed by atoms with Crippen LogP contribution in [0.1, 0.15) is 11.1 Å².